The monoisotopic (exact) mass is 394 g/mol. The lowest BCUT2D eigenvalue weighted by Gasteiger charge is -2.19. The van der Waals surface area contributed by atoms with Gasteiger partial charge in [-0.1, -0.05) is 17.7 Å². The van der Waals surface area contributed by atoms with Crippen LogP contribution in [0, 0.1) is 11.6 Å². The summed E-state index contributed by atoms with van der Waals surface area (Å²) in [7, 11) is 2.07. The molecule has 1 fully saturated rings. The van der Waals surface area contributed by atoms with Crippen LogP contribution in [0.2, 0.25) is 5.02 Å². The van der Waals surface area contributed by atoms with E-state index in [2.05, 4.69) is 17.3 Å². The molecule has 0 saturated carbocycles. The molecule has 1 aliphatic heterocycles. The molecular weight excluding hydrogens is 374 g/mol. The fourth-order valence-corrected chi connectivity index (χ4v) is 3.49. The molecule has 1 aliphatic rings. The van der Waals surface area contributed by atoms with Gasteiger partial charge >= 0.3 is 6.09 Å². The molecule has 1 saturated heterocycles. The zero-order valence-electron chi connectivity index (χ0n) is 15.0. The number of nitrogens with one attached hydrogen (secondary N) is 1. The average Bonchev–Trinajstić information content (AvgIpc) is 3.04. The number of nitrogens with zero attached hydrogens (tertiary/aromatic N) is 1. The number of likely N-dealkylation sites (tertiary alicyclic amines) is 1. The second kappa shape index (κ2) is 8.67. The molecule has 1 unspecified atom stereocenters. The van der Waals surface area contributed by atoms with Gasteiger partial charge in [0.05, 0.1) is 17.3 Å². The molecule has 7 heteroatoms. The number of benzene rings is 2. The van der Waals surface area contributed by atoms with Gasteiger partial charge in [0.25, 0.3) is 0 Å². The number of hydrogen-bond donors (Lipinski definition) is 1. The maximum absolute atomic E-state index is 13.7. The molecular formula is C20H21ClF2N2O2. The molecule has 1 amide bonds. The van der Waals surface area contributed by atoms with Crippen molar-refractivity contribution in [3.8, 4) is 11.1 Å². The van der Waals surface area contributed by atoms with Crippen molar-refractivity contribution in [2.45, 2.75) is 25.3 Å². The minimum absolute atomic E-state index is 0.0778. The third kappa shape index (κ3) is 4.96. The number of amides is 1. The van der Waals surface area contributed by atoms with Crippen molar-refractivity contribution in [1.82, 2.24) is 4.90 Å². The fourth-order valence-electron chi connectivity index (χ4n) is 3.31. The van der Waals surface area contributed by atoms with Gasteiger partial charge in [0.2, 0.25) is 0 Å². The van der Waals surface area contributed by atoms with E-state index >= 15 is 0 Å². The minimum atomic E-state index is -0.614. The molecule has 3 rings (SSSR count). The largest absolute Gasteiger partial charge is 0.449 e. The number of ether oxygens (including phenoxy) is 1. The first kappa shape index (κ1) is 19.6. The smallest absolute Gasteiger partial charge is 0.411 e. The summed E-state index contributed by atoms with van der Waals surface area (Å²) in [6, 6.07) is 8.42. The van der Waals surface area contributed by atoms with Gasteiger partial charge in [-0.15, -0.1) is 0 Å². The van der Waals surface area contributed by atoms with E-state index in [0.717, 1.165) is 25.8 Å². The lowest BCUT2D eigenvalue weighted by Crippen LogP contribution is -2.27. The van der Waals surface area contributed by atoms with Gasteiger partial charge < -0.3 is 9.64 Å². The first-order valence-corrected chi connectivity index (χ1v) is 9.21. The Bertz CT molecular complexity index is 832. The Morgan fingerprint density at radius 3 is 2.81 bits per heavy atom. The predicted molar refractivity (Wildman–Crippen MR) is 102 cm³/mol. The minimum Gasteiger partial charge on any atom is -0.449 e. The summed E-state index contributed by atoms with van der Waals surface area (Å²) in [6.45, 7) is 1.37. The SMILES string of the molecule is CN1CCCC1CCOC(=O)Nc1ccc(F)cc1-c1ccc(F)c(Cl)c1. The summed E-state index contributed by atoms with van der Waals surface area (Å²) >= 11 is 5.82. The average molecular weight is 395 g/mol. The highest BCUT2D eigenvalue weighted by molar-refractivity contribution is 6.31. The Labute approximate surface area is 162 Å². The molecule has 1 heterocycles. The second-order valence-corrected chi connectivity index (χ2v) is 7.05. The zero-order chi connectivity index (χ0) is 19.4. The Balaban J connectivity index is 1.67. The Morgan fingerprint density at radius 1 is 1.30 bits per heavy atom. The van der Waals surface area contributed by atoms with Gasteiger partial charge in [0.15, 0.2) is 0 Å². The molecule has 27 heavy (non-hydrogen) atoms. The number of rotatable bonds is 5. The van der Waals surface area contributed by atoms with E-state index in [0.29, 0.717) is 29.5 Å². The number of carbonyl (C=O) groups excluding carboxylic acids is 1. The van der Waals surface area contributed by atoms with Crippen molar-refractivity contribution >= 4 is 23.4 Å². The summed E-state index contributed by atoms with van der Waals surface area (Å²) in [5.74, 6) is -1.05. The van der Waals surface area contributed by atoms with Gasteiger partial charge in [-0.3, -0.25) is 5.32 Å². The molecule has 0 bridgehead atoms. The van der Waals surface area contributed by atoms with E-state index in [-0.39, 0.29) is 5.02 Å². The Kier molecular flexibility index (Phi) is 6.29. The van der Waals surface area contributed by atoms with Crippen LogP contribution in [-0.4, -0.2) is 37.2 Å². The maximum Gasteiger partial charge on any atom is 0.411 e. The number of hydrogen-bond acceptors (Lipinski definition) is 3. The van der Waals surface area contributed by atoms with Crippen LogP contribution in [0.4, 0.5) is 19.3 Å². The van der Waals surface area contributed by atoms with E-state index in [1.165, 1.54) is 36.4 Å². The number of halogens is 3. The summed E-state index contributed by atoms with van der Waals surface area (Å²) in [5, 5.41) is 2.55. The van der Waals surface area contributed by atoms with Crippen LogP contribution in [0.25, 0.3) is 11.1 Å². The highest BCUT2D eigenvalue weighted by atomic mass is 35.5. The number of anilines is 1. The van der Waals surface area contributed by atoms with Gasteiger partial charge in [0.1, 0.15) is 11.6 Å². The van der Waals surface area contributed by atoms with Crippen LogP contribution in [0.1, 0.15) is 19.3 Å². The van der Waals surface area contributed by atoms with Crippen LogP contribution >= 0.6 is 11.6 Å². The predicted octanol–water partition coefficient (Wildman–Crippen LogP) is 5.32. The topological polar surface area (TPSA) is 41.6 Å². The molecule has 0 radical (unpaired) electrons. The molecule has 1 atom stereocenters. The van der Waals surface area contributed by atoms with Gasteiger partial charge in [-0.2, -0.15) is 0 Å². The van der Waals surface area contributed by atoms with Crippen molar-refractivity contribution in [2.75, 3.05) is 25.5 Å². The van der Waals surface area contributed by atoms with E-state index < -0.39 is 17.7 Å². The van der Waals surface area contributed by atoms with E-state index in [1.54, 1.807) is 0 Å². The third-order valence-electron chi connectivity index (χ3n) is 4.80. The molecule has 144 valence electrons. The summed E-state index contributed by atoms with van der Waals surface area (Å²) in [4.78, 5) is 14.4. The fraction of sp³-hybridized carbons (Fsp3) is 0.350. The van der Waals surface area contributed by atoms with Crippen molar-refractivity contribution in [3.63, 3.8) is 0 Å². The normalized spacial score (nSPS) is 17.1. The van der Waals surface area contributed by atoms with Crippen LogP contribution in [-0.2, 0) is 4.74 Å². The van der Waals surface area contributed by atoms with Crippen LogP contribution in [0.5, 0.6) is 0 Å². The molecule has 0 aliphatic carbocycles. The Hall–Kier alpha value is -2.18. The zero-order valence-corrected chi connectivity index (χ0v) is 15.7. The van der Waals surface area contributed by atoms with E-state index in [1.807, 2.05) is 0 Å². The van der Waals surface area contributed by atoms with Crippen LogP contribution in [0.3, 0.4) is 0 Å². The molecule has 2 aromatic rings. The van der Waals surface area contributed by atoms with E-state index in [4.69, 9.17) is 16.3 Å². The quantitative estimate of drug-likeness (QED) is 0.746. The first-order chi connectivity index (χ1) is 12.9. The van der Waals surface area contributed by atoms with Crippen molar-refractivity contribution < 1.29 is 18.3 Å². The number of carbonyl (C=O) groups is 1. The summed E-state index contributed by atoms with van der Waals surface area (Å²) < 4.78 is 32.4. The maximum atomic E-state index is 13.7. The first-order valence-electron chi connectivity index (χ1n) is 8.83. The van der Waals surface area contributed by atoms with Crippen molar-refractivity contribution in [3.05, 3.63) is 53.1 Å². The Morgan fingerprint density at radius 2 is 2.11 bits per heavy atom. The second-order valence-electron chi connectivity index (χ2n) is 6.65. The lowest BCUT2D eigenvalue weighted by atomic mass is 10.0. The van der Waals surface area contributed by atoms with Crippen LogP contribution in [0.15, 0.2) is 36.4 Å². The van der Waals surface area contributed by atoms with Crippen molar-refractivity contribution in [2.24, 2.45) is 0 Å². The lowest BCUT2D eigenvalue weighted by molar-refractivity contribution is 0.147. The van der Waals surface area contributed by atoms with Crippen LogP contribution < -0.4 is 5.32 Å². The molecule has 2 aromatic carbocycles. The highest BCUT2D eigenvalue weighted by Crippen LogP contribution is 2.31. The summed E-state index contributed by atoms with van der Waals surface area (Å²) in [5.41, 5.74) is 1.25. The molecule has 4 nitrogen and oxygen atoms in total. The summed E-state index contributed by atoms with van der Waals surface area (Å²) in [6.07, 6.45) is 2.42. The van der Waals surface area contributed by atoms with Gasteiger partial charge in [-0.05, 0) is 68.8 Å². The molecule has 0 aromatic heterocycles. The third-order valence-corrected chi connectivity index (χ3v) is 5.09. The van der Waals surface area contributed by atoms with Gasteiger partial charge in [-0.25, -0.2) is 13.6 Å². The van der Waals surface area contributed by atoms with Crippen molar-refractivity contribution in [1.29, 1.82) is 0 Å². The molecule has 1 N–H and O–H groups in total. The standard InChI is InChI=1S/C20H21ClF2N2O2/c1-25-9-2-3-15(25)8-10-27-20(26)24-19-7-5-14(22)12-16(19)13-4-6-18(23)17(21)11-13/h4-7,11-12,15H,2-3,8-10H2,1H3,(H,24,26). The molecule has 0 spiro atoms. The highest BCUT2D eigenvalue weighted by Gasteiger charge is 2.21. The van der Waals surface area contributed by atoms with Gasteiger partial charge in [0, 0.05) is 11.6 Å². The van der Waals surface area contributed by atoms with E-state index in [9.17, 15) is 13.6 Å².